The van der Waals surface area contributed by atoms with Crippen molar-refractivity contribution in [1.82, 2.24) is 24.6 Å². The number of nitrogens with zero attached hydrogens (tertiary/aromatic N) is 3. The Morgan fingerprint density at radius 1 is 1.10 bits per heavy atom. The fourth-order valence-electron chi connectivity index (χ4n) is 3.83. The van der Waals surface area contributed by atoms with Gasteiger partial charge in [-0.1, -0.05) is 18.2 Å². The molecule has 0 bridgehead atoms. The van der Waals surface area contributed by atoms with Crippen molar-refractivity contribution in [1.29, 1.82) is 0 Å². The minimum atomic E-state index is -0.349. The molecule has 3 aromatic rings. The van der Waals surface area contributed by atoms with E-state index in [1.807, 2.05) is 48.7 Å². The average molecular weight is 407 g/mol. The first-order valence-corrected chi connectivity index (χ1v) is 10.0. The largest absolute Gasteiger partial charge is 0.346 e. The Balaban J connectivity index is 1.37. The highest BCUT2D eigenvalue weighted by atomic mass is 16.2. The number of aromatic nitrogens is 3. The number of H-pyrrole nitrogens is 1. The number of aryl methyl sites for hydroxylation is 2. The summed E-state index contributed by atoms with van der Waals surface area (Å²) >= 11 is 0. The van der Waals surface area contributed by atoms with Crippen molar-refractivity contribution in [2.75, 3.05) is 13.1 Å². The molecule has 0 radical (unpaired) electrons. The van der Waals surface area contributed by atoms with Gasteiger partial charge in [-0.05, 0) is 44.5 Å². The van der Waals surface area contributed by atoms with Crippen LogP contribution in [0.15, 0.2) is 53.3 Å². The van der Waals surface area contributed by atoms with Crippen LogP contribution in [-0.4, -0.2) is 50.2 Å². The molecule has 2 amide bonds. The van der Waals surface area contributed by atoms with Gasteiger partial charge in [-0.15, -0.1) is 0 Å². The molecule has 156 valence electrons. The monoisotopic (exact) mass is 407 g/mol. The van der Waals surface area contributed by atoms with Crippen LogP contribution in [0.2, 0.25) is 0 Å². The molecule has 1 aromatic carbocycles. The number of amides is 2. The van der Waals surface area contributed by atoms with E-state index in [9.17, 15) is 14.4 Å². The third-order valence-corrected chi connectivity index (χ3v) is 5.57. The first-order valence-electron chi connectivity index (χ1n) is 10.0. The van der Waals surface area contributed by atoms with Crippen LogP contribution >= 0.6 is 0 Å². The van der Waals surface area contributed by atoms with Crippen LogP contribution < -0.4 is 10.9 Å². The number of hydrogen-bond acceptors (Lipinski definition) is 3. The molecule has 1 saturated heterocycles. The SMILES string of the molecule is Cc1ccc(C)n1CC(=O)N1CCC(NC(=O)c2cc(=O)n(-c3ccccc3)[nH]2)C1. The maximum Gasteiger partial charge on any atom is 0.271 e. The molecule has 2 N–H and O–H groups in total. The van der Waals surface area contributed by atoms with Crippen LogP contribution in [0.1, 0.15) is 28.3 Å². The number of carbonyl (C=O) groups is 2. The molecule has 0 saturated carbocycles. The number of likely N-dealkylation sites (tertiary alicyclic amines) is 1. The highest BCUT2D eigenvalue weighted by Crippen LogP contribution is 2.13. The summed E-state index contributed by atoms with van der Waals surface area (Å²) in [6, 6.07) is 14.2. The van der Waals surface area contributed by atoms with Crippen molar-refractivity contribution < 1.29 is 9.59 Å². The Labute approximate surface area is 174 Å². The quantitative estimate of drug-likeness (QED) is 0.673. The van der Waals surface area contributed by atoms with Crippen molar-refractivity contribution in [3.8, 4) is 5.69 Å². The fourth-order valence-corrected chi connectivity index (χ4v) is 3.83. The summed E-state index contributed by atoms with van der Waals surface area (Å²) in [5.41, 5.74) is 2.67. The molecule has 1 unspecified atom stereocenters. The second kappa shape index (κ2) is 8.06. The lowest BCUT2D eigenvalue weighted by atomic mass is 10.2. The van der Waals surface area contributed by atoms with Crippen LogP contribution in [0.5, 0.6) is 0 Å². The Hall–Kier alpha value is -3.55. The predicted molar refractivity (Wildman–Crippen MR) is 113 cm³/mol. The number of nitrogens with one attached hydrogen (secondary N) is 2. The summed E-state index contributed by atoms with van der Waals surface area (Å²) < 4.78 is 3.33. The minimum absolute atomic E-state index is 0.0396. The van der Waals surface area contributed by atoms with E-state index in [1.54, 1.807) is 17.0 Å². The van der Waals surface area contributed by atoms with Gasteiger partial charge in [-0.2, -0.15) is 0 Å². The van der Waals surface area contributed by atoms with Gasteiger partial charge in [0.25, 0.3) is 11.5 Å². The normalized spacial score (nSPS) is 16.1. The molecule has 1 aliphatic rings. The van der Waals surface area contributed by atoms with Gasteiger partial charge in [0, 0.05) is 36.6 Å². The fraction of sp³-hybridized carbons (Fsp3) is 0.318. The van der Waals surface area contributed by atoms with E-state index < -0.39 is 0 Å². The van der Waals surface area contributed by atoms with Crippen molar-refractivity contribution in [2.24, 2.45) is 0 Å². The summed E-state index contributed by atoms with van der Waals surface area (Å²) in [6.45, 7) is 5.34. The first kappa shape index (κ1) is 19.8. The summed E-state index contributed by atoms with van der Waals surface area (Å²) in [4.78, 5) is 39.3. The molecule has 8 heteroatoms. The Bertz CT molecular complexity index is 1110. The van der Waals surface area contributed by atoms with Gasteiger partial charge >= 0.3 is 0 Å². The van der Waals surface area contributed by atoms with Crippen molar-refractivity contribution >= 4 is 11.8 Å². The molecule has 1 aliphatic heterocycles. The Morgan fingerprint density at radius 3 is 2.50 bits per heavy atom. The van der Waals surface area contributed by atoms with Gasteiger partial charge in [0.2, 0.25) is 5.91 Å². The minimum Gasteiger partial charge on any atom is -0.346 e. The molecule has 1 fully saturated rings. The maximum atomic E-state index is 12.7. The lowest BCUT2D eigenvalue weighted by Crippen LogP contribution is -2.39. The molecule has 4 rings (SSSR count). The topological polar surface area (TPSA) is 92.1 Å². The molecular weight excluding hydrogens is 382 g/mol. The summed E-state index contributed by atoms with van der Waals surface area (Å²) in [6.07, 6.45) is 0.685. The number of rotatable bonds is 5. The summed E-state index contributed by atoms with van der Waals surface area (Å²) in [5.74, 6) is -0.309. The van der Waals surface area contributed by atoms with Gasteiger partial charge in [0.15, 0.2) is 0 Å². The summed E-state index contributed by atoms with van der Waals surface area (Å²) in [5, 5.41) is 5.79. The molecule has 0 aliphatic carbocycles. The third kappa shape index (κ3) is 3.94. The van der Waals surface area contributed by atoms with E-state index >= 15 is 0 Å². The second-order valence-corrected chi connectivity index (χ2v) is 7.68. The zero-order chi connectivity index (χ0) is 21.3. The number of aromatic amines is 1. The molecular formula is C22H25N5O3. The number of hydrogen-bond donors (Lipinski definition) is 2. The predicted octanol–water partition coefficient (Wildman–Crippen LogP) is 1.61. The first-order chi connectivity index (χ1) is 14.4. The van der Waals surface area contributed by atoms with E-state index in [2.05, 4.69) is 10.4 Å². The zero-order valence-corrected chi connectivity index (χ0v) is 17.1. The molecule has 1 atom stereocenters. The number of benzene rings is 1. The Morgan fingerprint density at radius 2 is 1.80 bits per heavy atom. The van der Waals surface area contributed by atoms with Crippen LogP contribution in [-0.2, 0) is 11.3 Å². The average Bonchev–Trinajstić information content (AvgIpc) is 3.44. The van der Waals surface area contributed by atoms with Gasteiger partial charge in [0.1, 0.15) is 12.2 Å². The third-order valence-electron chi connectivity index (χ3n) is 5.57. The number of carbonyl (C=O) groups excluding carboxylic acids is 2. The van der Waals surface area contributed by atoms with Gasteiger partial charge < -0.3 is 14.8 Å². The van der Waals surface area contributed by atoms with Crippen LogP contribution in [0.3, 0.4) is 0 Å². The lowest BCUT2D eigenvalue weighted by molar-refractivity contribution is -0.130. The van der Waals surface area contributed by atoms with E-state index in [0.29, 0.717) is 31.7 Å². The van der Waals surface area contributed by atoms with Crippen LogP contribution in [0, 0.1) is 13.8 Å². The second-order valence-electron chi connectivity index (χ2n) is 7.68. The Kier molecular flexibility index (Phi) is 5.31. The van der Waals surface area contributed by atoms with E-state index in [-0.39, 0.29) is 29.1 Å². The maximum absolute atomic E-state index is 12.7. The van der Waals surface area contributed by atoms with Crippen molar-refractivity contribution in [3.63, 3.8) is 0 Å². The van der Waals surface area contributed by atoms with Gasteiger partial charge in [0.05, 0.1) is 5.69 Å². The molecule has 0 spiro atoms. The van der Waals surface area contributed by atoms with Gasteiger partial charge in [-0.25, -0.2) is 4.68 Å². The van der Waals surface area contributed by atoms with Crippen LogP contribution in [0.4, 0.5) is 0 Å². The van der Waals surface area contributed by atoms with E-state index in [1.165, 1.54) is 10.7 Å². The van der Waals surface area contributed by atoms with E-state index in [0.717, 1.165) is 11.4 Å². The molecule has 3 heterocycles. The lowest BCUT2D eigenvalue weighted by Gasteiger charge is -2.18. The van der Waals surface area contributed by atoms with Crippen molar-refractivity contribution in [3.05, 3.63) is 76.0 Å². The molecule has 8 nitrogen and oxygen atoms in total. The van der Waals surface area contributed by atoms with Crippen molar-refractivity contribution in [2.45, 2.75) is 32.9 Å². The standard InChI is InChI=1S/C22H25N5O3/c1-15-8-9-16(2)26(15)14-21(29)25-11-10-17(13-25)23-22(30)19-12-20(28)27(24-19)18-6-4-3-5-7-18/h3-9,12,17,24H,10-11,13-14H2,1-2H3,(H,23,30). The smallest absolute Gasteiger partial charge is 0.271 e. The van der Waals surface area contributed by atoms with Crippen LogP contribution in [0.25, 0.3) is 5.69 Å². The zero-order valence-electron chi connectivity index (χ0n) is 17.1. The highest BCUT2D eigenvalue weighted by molar-refractivity contribution is 5.92. The van der Waals surface area contributed by atoms with E-state index in [4.69, 9.17) is 0 Å². The molecule has 2 aromatic heterocycles. The number of para-hydroxylation sites is 1. The summed E-state index contributed by atoms with van der Waals surface area (Å²) in [7, 11) is 0. The molecule has 30 heavy (non-hydrogen) atoms. The van der Waals surface area contributed by atoms with Gasteiger partial charge in [-0.3, -0.25) is 19.5 Å². The highest BCUT2D eigenvalue weighted by Gasteiger charge is 2.28.